The number of carboxylic acid groups (broad SMARTS) is 1. The van der Waals surface area contributed by atoms with Crippen molar-refractivity contribution in [1.29, 1.82) is 0 Å². The molecule has 1 rings (SSSR count). The molecule has 5 nitrogen and oxygen atoms in total. The first-order valence-electron chi connectivity index (χ1n) is 5.99. The van der Waals surface area contributed by atoms with Crippen LogP contribution < -0.4 is 5.32 Å². The fourth-order valence-corrected chi connectivity index (χ4v) is 1.54. The Labute approximate surface area is 106 Å². The Morgan fingerprint density at radius 2 is 2.00 bits per heavy atom. The summed E-state index contributed by atoms with van der Waals surface area (Å²) in [5, 5.41) is 11.2. The fourth-order valence-electron chi connectivity index (χ4n) is 1.54. The molecule has 98 valence electrons. The van der Waals surface area contributed by atoms with Crippen molar-refractivity contribution >= 4 is 11.9 Å². The zero-order valence-corrected chi connectivity index (χ0v) is 10.5. The van der Waals surface area contributed by atoms with Gasteiger partial charge in [-0.25, -0.2) is 0 Å². The number of hydrogen-bond donors (Lipinski definition) is 2. The molecule has 0 aromatic carbocycles. The Balaban J connectivity index is 2.19. The average Bonchev–Trinajstić information content (AvgIpc) is 2.32. The van der Waals surface area contributed by atoms with Crippen LogP contribution in [-0.4, -0.2) is 22.0 Å². The summed E-state index contributed by atoms with van der Waals surface area (Å²) in [5.41, 5.74) is 1.75. The van der Waals surface area contributed by atoms with Crippen LogP contribution in [0.15, 0.2) is 18.2 Å². The summed E-state index contributed by atoms with van der Waals surface area (Å²) in [6.07, 6.45) is 1.61. The van der Waals surface area contributed by atoms with Gasteiger partial charge < -0.3 is 10.4 Å². The van der Waals surface area contributed by atoms with Gasteiger partial charge in [0.05, 0.1) is 12.2 Å². The van der Waals surface area contributed by atoms with Crippen molar-refractivity contribution in [2.24, 2.45) is 0 Å². The van der Waals surface area contributed by atoms with Crippen molar-refractivity contribution < 1.29 is 14.7 Å². The monoisotopic (exact) mass is 250 g/mol. The molecule has 0 saturated heterocycles. The first-order valence-corrected chi connectivity index (χ1v) is 5.99. The molecule has 5 heteroatoms. The summed E-state index contributed by atoms with van der Waals surface area (Å²) in [6.45, 7) is 2.32. The third kappa shape index (κ3) is 5.98. The number of carbonyl (C=O) groups excluding carboxylic acids is 1. The summed E-state index contributed by atoms with van der Waals surface area (Å²) < 4.78 is 0. The van der Waals surface area contributed by atoms with Gasteiger partial charge in [0.15, 0.2) is 0 Å². The molecule has 0 aliphatic carbocycles. The summed E-state index contributed by atoms with van der Waals surface area (Å²) in [6, 6.07) is 5.66. The van der Waals surface area contributed by atoms with Crippen LogP contribution in [0.3, 0.4) is 0 Å². The molecule has 0 aliphatic rings. The van der Waals surface area contributed by atoms with Gasteiger partial charge in [-0.1, -0.05) is 6.07 Å². The number of carboxylic acids is 1. The molecule has 0 radical (unpaired) electrons. The van der Waals surface area contributed by atoms with Crippen LogP contribution in [-0.2, 0) is 16.1 Å². The molecule has 0 aliphatic heterocycles. The van der Waals surface area contributed by atoms with Gasteiger partial charge >= 0.3 is 5.97 Å². The lowest BCUT2D eigenvalue weighted by Crippen LogP contribution is -2.23. The van der Waals surface area contributed by atoms with Gasteiger partial charge in [-0.3, -0.25) is 14.6 Å². The first kappa shape index (κ1) is 14.2. The number of amides is 1. The topological polar surface area (TPSA) is 79.3 Å². The minimum atomic E-state index is -0.820. The molecule has 0 bridgehead atoms. The number of carbonyl (C=O) groups is 2. The minimum absolute atomic E-state index is 0.0660. The summed E-state index contributed by atoms with van der Waals surface area (Å²) >= 11 is 0. The van der Waals surface area contributed by atoms with Crippen molar-refractivity contribution in [3.63, 3.8) is 0 Å². The van der Waals surface area contributed by atoms with Crippen LogP contribution in [0.1, 0.15) is 37.1 Å². The number of unbranched alkanes of at least 4 members (excludes halogenated alkanes) is 1. The molecule has 1 aromatic rings. The molecule has 0 saturated carbocycles. The SMILES string of the molecule is Cc1cccc(CNC(=O)CCCCC(=O)O)n1. The van der Waals surface area contributed by atoms with Gasteiger partial charge in [0.25, 0.3) is 0 Å². The maximum Gasteiger partial charge on any atom is 0.303 e. The van der Waals surface area contributed by atoms with Crippen molar-refractivity contribution in [1.82, 2.24) is 10.3 Å². The normalized spacial score (nSPS) is 10.1. The Kier molecular flexibility index (Phi) is 5.84. The van der Waals surface area contributed by atoms with Gasteiger partial charge in [-0.2, -0.15) is 0 Å². The van der Waals surface area contributed by atoms with Crippen LogP contribution in [0, 0.1) is 6.92 Å². The van der Waals surface area contributed by atoms with Gasteiger partial charge in [0.2, 0.25) is 5.91 Å². The van der Waals surface area contributed by atoms with Gasteiger partial charge in [-0.15, -0.1) is 0 Å². The summed E-state index contributed by atoms with van der Waals surface area (Å²) in [7, 11) is 0. The fraction of sp³-hybridized carbons (Fsp3) is 0.462. The Morgan fingerprint density at radius 1 is 1.28 bits per heavy atom. The van der Waals surface area contributed by atoms with E-state index in [1.54, 1.807) is 0 Å². The van der Waals surface area contributed by atoms with E-state index in [-0.39, 0.29) is 12.3 Å². The molecule has 0 spiro atoms. The zero-order chi connectivity index (χ0) is 13.4. The lowest BCUT2D eigenvalue weighted by atomic mass is 10.2. The highest BCUT2D eigenvalue weighted by Gasteiger charge is 2.03. The van der Waals surface area contributed by atoms with Crippen LogP contribution in [0.25, 0.3) is 0 Å². The van der Waals surface area contributed by atoms with E-state index in [0.717, 1.165) is 11.4 Å². The number of aliphatic carboxylic acids is 1. The van der Waals surface area contributed by atoms with Crippen molar-refractivity contribution in [3.8, 4) is 0 Å². The van der Waals surface area contributed by atoms with Crippen LogP contribution >= 0.6 is 0 Å². The van der Waals surface area contributed by atoms with E-state index >= 15 is 0 Å². The lowest BCUT2D eigenvalue weighted by Gasteiger charge is -2.05. The number of hydrogen-bond acceptors (Lipinski definition) is 3. The molecule has 1 amide bonds. The molecular weight excluding hydrogens is 232 g/mol. The van der Waals surface area contributed by atoms with E-state index in [1.165, 1.54) is 0 Å². The minimum Gasteiger partial charge on any atom is -0.481 e. The average molecular weight is 250 g/mol. The maximum atomic E-state index is 11.5. The number of pyridine rings is 1. The standard InChI is InChI=1S/C13H18N2O3/c1-10-5-4-6-11(15-10)9-14-12(16)7-2-3-8-13(17)18/h4-6H,2-3,7-9H2,1H3,(H,14,16)(H,17,18). The Hall–Kier alpha value is -1.91. The van der Waals surface area contributed by atoms with E-state index in [2.05, 4.69) is 10.3 Å². The van der Waals surface area contributed by atoms with E-state index < -0.39 is 5.97 Å². The molecular formula is C13H18N2O3. The summed E-state index contributed by atoms with van der Waals surface area (Å²) in [4.78, 5) is 26.0. The molecule has 0 atom stereocenters. The smallest absolute Gasteiger partial charge is 0.303 e. The number of nitrogens with zero attached hydrogens (tertiary/aromatic N) is 1. The number of aromatic nitrogens is 1. The number of rotatable bonds is 7. The molecule has 0 fully saturated rings. The largest absolute Gasteiger partial charge is 0.481 e. The second-order valence-electron chi connectivity index (χ2n) is 4.15. The second kappa shape index (κ2) is 7.42. The number of nitrogens with one attached hydrogen (secondary N) is 1. The van der Waals surface area contributed by atoms with Crippen LogP contribution in [0.4, 0.5) is 0 Å². The Morgan fingerprint density at radius 3 is 2.67 bits per heavy atom. The molecule has 0 unspecified atom stereocenters. The molecule has 2 N–H and O–H groups in total. The van der Waals surface area contributed by atoms with Crippen LogP contribution in [0.2, 0.25) is 0 Å². The highest BCUT2D eigenvalue weighted by molar-refractivity contribution is 5.75. The van der Waals surface area contributed by atoms with Crippen LogP contribution in [0.5, 0.6) is 0 Å². The molecule has 1 aromatic heterocycles. The first-order chi connectivity index (χ1) is 8.58. The van der Waals surface area contributed by atoms with E-state index in [4.69, 9.17) is 5.11 Å². The highest BCUT2D eigenvalue weighted by atomic mass is 16.4. The Bertz CT molecular complexity index is 418. The maximum absolute atomic E-state index is 11.5. The predicted molar refractivity (Wildman–Crippen MR) is 66.9 cm³/mol. The molecule has 1 heterocycles. The zero-order valence-electron chi connectivity index (χ0n) is 10.5. The van der Waals surface area contributed by atoms with E-state index in [9.17, 15) is 9.59 Å². The van der Waals surface area contributed by atoms with Crippen molar-refractivity contribution in [2.45, 2.75) is 39.2 Å². The highest BCUT2D eigenvalue weighted by Crippen LogP contribution is 2.01. The molecule has 18 heavy (non-hydrogen) atoms. The quantitative estimate of drug-likeness (QED) is 0.721. The van der Waals surface area contributed by atoms with Gasteiger partial charge in [0.1, 0.15) is 0 Å². The van der Waals surface area contributed by atoms with Crippen molar-refractivity contribution in [3.05, 3.63) is 29.6 Å². The van der Waals surface area contributed by atoms with Gasteiger partial charge in [-0.05, 0) is 31.9 Å². The third-order valence-corrected chi connectivity index (χ3v) is 2.46. The third-order valence-electron chi connectivity index (χ3n) is 2.46. The van der Waals surface area contributed by atoms with E-state index in [1.807, 2.05) is 25.1 Å². The van der Waals surface area contributed by atoms with E-state index in [0.29, 0.717) is 25.8 Å². The lowest BCUT2D eigenvalue weighted by molar-refractivity contribution is -0.137. The predicted octanol–water partition coefficient (Wildman–Crippen LogP) is 1.65. The number of aryl methyl sites for hydroxylation is 1. The van der Waals surface area contributed by atoms with Crippen molar-refractivity contribution in [2.75, 3.05) is 0 Å². The second-order valence-corrected chi connectivity index (χ2v) is 4.15. The summed E-state index contributed by atoms with van der Waals surface area (Å²) in [5.74, 6) is -0.886. The van der Waals surface area contributed by atoms with Gasteiger partial charge in [0, 0.05) is 18.5 Å².